The van der Waals surface area contributed by atoms with Gasteiger partial charge < -0.3 is 15.4 Å². The van der Waals surface area contributed by atoms with Crippen molar-refractivity contribution in [3.8, 4) is 0 Å². The lowest BCUT2D eigenvalue weighted by molar-refractivity contribution is -0.144. The first-order valence-corrected chi connectivity index (χ1v) is 6.18. The van der Waals surface area contributed by atoms with Gasteiger partial charge in [-0.1, -0.05) is 30.3 Å². The minimum Gasteiger partial charge on any atom is -0.467 e. The van der Waals surface area contributed by atoms with Crippen molar-refractivity contribution in [2.24, 2.45) is 0 Å². The van der Waals surface area contributed by atoms with Crippen LogP contribution in [0, 0.1) is 0 Å². The summed E-state index contributed by atoms with van der Waals surface area (Å²) in [6.45, 7) is 1.15. The van der Waals surface area contributed by atoms with Crippen LogP contribution in [0.2, 0.25) is 0 Å². The maximum atomic E-state index is 11.7. The minimum atomic E-state index is -0.774. The second-order valence-corrected chi connectivity index (χ2v) is 4.24. The molecular formula is C14H18N2O4. The number of esters is 1. The van der Waals surface area contributed by atoms with Crippen molar-refractivity contribution >= 4 is 17.8 Å². The molecule has 0 aliphatic heterocycles. The number of ether oxygens (including phenoxy) is 1. The molecule has 1 aromatic rings. The first-order valence-electron chi connectivity index (χ1n) is 6.18. The fourth-order valence-electron chi connectivity index (χ4n) is 1.64. The van der Waals surface area contributed by atoms with Crippen LogP contribution in [0.3, 0.4) is 0 Å². The van der Waals surface area contributed by atoms with Gasteiger partial charge in [-0.05, 0) is 5.56 Å². The van der Waals surface area contributed by atoms with Gasteiger partial charge in [-0.15, -0.1) is 0 Å². The fraction of sp³-hybridized carbons (Fsp3) is 0.357. The van der Waals surface area contributed by atoms with E-state index in [-0.39, 0.29) is 12.5 Å². The van der Waals surface area contributed by atoms with E-state index in [0.29, 0.717) is 6.42 Å². The number of hydrogen-bond donors (Lipinski definition) is 2. The van der Waals surface area contributed by atoms with E-state index in [1.807, 2.05) is 30.3 Å². The van der Waals surface area contributed by atoms with Gasteiger partial charge in [-0.2, -0.15) is 0 Å². The van der Waals surface area contributed by atoms with E-state index in [0.717, 1.165) is 5.56 Å². The summed E-state index contributed by atoms with van der Waals surface area (Å²) in [4.78, 5) is 34.0. The molecule has 108 valence electrons. The molecule has 0 bridgehead atoms. The molecular weight excluding hydrogens is 260 g/mol. The van der Waals surface area contributed by atoms with E-state index >= 15 is 0 Å². The number of nitrogens with one attached hydrogen (secondary N) is 2. The number of carbonyl (C=O) groups excluding carboxylic acids is 3. The van der Waals surface area contributed by atoms with Gasteiger partial charge in [0.15, 0.2) is 0 Å². The lowest BCUT2D eigenvalue weighted by atomic mass is 10.1. The van der Waals surface area contributed by atoms with Gasteiger partial charge in [0.25, 0.3) is 0 Å². The fourth-order valence-corrected chi connectivity index (χ4v) is 1.64. The van der Waals surface area contributed by atoms with Crippen molar-refractivity contribution in [2.75, 3.05) is 13.7 Å². The van der Waals surface area contributed by atoms with Crippen molar-refractivity contribution in [3.05, 3.63) is 35.9 Å². The van der Waals surface area contributed by atoms with E-state index in [2.05, 4.69) is 15.4 Å². The van der Waals surface area contributed by atoms with Gasteiger partial charge >= 0.3 is 5.97 Å². The molecule has 1 atom stereocenters. The molecule has 0 saturated heterocycles. The van der Waals surface area contributed by atoms with Crippen LogP contribution in [0.1, 0.15) is 12.5 Å². The zero-order valence-electron chi connectivity index (χ0n) is 11.5. The minimum absolute atomic E-state index is 0.169. The highest BCUT2D eigenvalue weighted by Crippen LogP contribution is 2.04. The average molecular weight is 278 g/mol. The standard InChI is InChI=1S/C14H18N2O4/c1-10(17)15-9-13(18)16-12(14(19)20-2)8-11-6-4-3-5-7-11/h3-7,12H,8-9H2,1-2H3,(H,15,17)(H,16,18)/t12-/m1/s1. The molecule has 2 amide bonds. The molecule has 0 aromatic heterocycles. The zero-order chi connectivity index (χ0) is 15.0. The Kier molecular flexibility index (Phi) is 6.22. The Labute approximate surface area is 117 Å². The van der Waals surface area contributed by atoms with Crippen LogP contribution in [0.4, 0.5) is 0 Å². The molecule has 6 nitrogen and oxygen atoms in total. The van der Waals surface area contributed by atoms with Gasteiger partial charge in [-0.3, -0.25) is 9.59 Å². The summed E-state index contributed by atoms with van der Waals surface area (Å²) in [5, 5.41) is 4.91. The second kappa shape index (κ2) is 7.93. The Morgan fingerprint density at radius 1 is 1.20 bits per heavy atom. The summed E-state index contributed by atoms with van der Waals surface area (Å²) < 4.78 is 4.67. The first kappa shape index (κ1) is 15.7. The number of amides is 2. The summed E-state index contributed by atoms with van der Waals surface area (Å²) in [7, 11) is 1.26. The highest BCUT2D eigenvalue weighted by Gasteiger charge is 2.21. The lowest BCUT2D eigenvalue weighted by Crippen LogP contribution is -2.46. The molecule has 1 rings (SSSR count). The van der Waals surface area contributed by atoms with Crippen LogP contribution < -0.4 is 10.6 Å². The normalized spacial score (nSPS) is 11.3. The van der Waals surface area contributed by atoms with Crippen molar-refractivity contribution in [3.63, 3.8) is 0 Å². The third-order valence-corrected chi connectivity index (χ3v) is 2.60. The lowest BCUT2D eigenvalue weighted by Gasteiger charge is -2.16. The monoisotopic (exact) mass is 278 g/mol. The van der Waals surface area contributed by atoms with Crippen LogP contribution in [-0.2, 0) is 25.5 Å². The maximum Gasteiger partial charge on any atom is 0.328 e. The van der Waals surface area contributed by atoms with E-state index in [1.54, 1.807) is 0 Å². The largest absolute Gasteiger partial charge is 0.467 e. The van der Waals surface area contributed by atoms with Crippen molar-refractivity contribution in [1.82, 2.24) is 10.6 Å². The van der Waals surface area contributed by atoms with Crippen LogP contribution in [-0.4, -0.2) is 37.5 Å². The molecule has 2 N–H and O–H groups in total. The summed E-state index contributed by atoms with van der Waals surface area (Å²) >= 11 is 0. The van der Waals surface area contributed by atoms with Crippen molar-refractivity contribution < 1.29 is 19.1 Å². The second-order valence-electron chi connectivity index (χ2n) is 4.24. The average Bonchev–Trinajstić information content (AvgIpc) is 2.44. The predicted octanol–water partition coefficient (Wildman–Crippen LogP) is 0.0230. The van der Waals surface area contributed by atoms with E-state index in [1.165, 1.54) is 14.0 Å². The number of methoxy groups -OCH3 is 1. The molecule has 0 aliphatic rings. The summed E-state index contributed by atoms with van der Waals surface area (Å²) in [6, 6.07) is 8.51. The highest BCUT2D eigenvalue weighted by molar-refractivity contribution is 5.87. The zero-order valence-corrected chi connectivity index (χ0v) is 11.5. The Bertz CT molecular complexity index is 473. The van der Waals surface area contributed by atoms with Crippen LogP contribution >= 0.6 is 0 Å². The molecule has 0 fully saturated rings. The molecule has 6 heteroatoms. The van der Waals surface area contributed by atoms with Gasteiger partial charge in [0.05, 0.1) is 13.7 Å². The summed E-state index contributed by atoms with van der Waals surface area (Å²) in [5.74, 6) is -1.27. The quantitative estimate of drug-likeness (QED) is 0.719. The van der Waals surface area contributed by atoms with Crippen LogP contribution in [0.25, 0.3) is 0 Å². The molecule has 0 spiro atoms. The third-order valence-electron chi connectivity index (χ3n) is 2.60. The van der Waals surface area contributed by atoms with Gasteiger partial charge in [-0.25, -0.2) is 4.79 Å². The molecule has 0 heterocycles. The van der Waals surface area contributed by atoms with Crippen molar-refractivity contribution in [1.29, 1.82) is 0 Å². The van der Waals surface area contributed by atoms with Gasteiger partial charge in [0, 0.05) is 13.3 Å². The smallest absolute Gasteiger partial charge is 0.328 e. The topological polar surface area (TPSA) is 84.5 Å². The SMILES string of the molecule is COC(=O)[C@@H](Cc1ccccc1)NC(=O)CNC(C)=O. The molecule has 1 aromatic carbocycles. The van der Waals surface area contributed by atoms with Gasteiger partial charge in [0.2, 0.25) is 11.8 Å². The number of benzene rings is 1. The number of carbonyl (C=O) groups is 3. The Morgan fingerprint density at radius 3 is 2.40 bits per heavy atom. The van der Waals surface area contributed by atoms with E-state index in [4.69, 9.17) is 0 Å². The predicted molar refractivity (Wildman–Crippen MR) is 72.8 cm³/mol. The molecule has 0 aliphatic carbocycles. The Balaban J connectivity index is 2.63. The third kappa shape index (κ3) is 5.51. The number of hydrogen-bond acceptors (Lipinski definition) is 4. The van der Waals surface area contributed by atoms with Crippen LogP contribution in [0.5, 0.6) is 0 Å². The summed E-state index contributed by atoms with van der Waals surface area (Å²) in [5.41, 5.74) is 0.905. The van der Waals surface area contributed by atoms with E-state index < -0.39 is 17.9 Å². The Hall–Kier alpha value is -2.37. The molecule has 0 unspecified atom stereocenters. The van der Waals surface area contributed by atoms with Crippen LogP contribution in [0.15, 0.2) is 30.3 Å². The Morgan fingerprint density at radius 2 is 1.85 bits per heavy atom. The van der Waals surface area contributed by atoms with Crippen molar-refractivity contribution in [2.45, 2.75) is 19.4 Å². The number of rotatable bonds is 6. The van der Waals surface area contributed by atoms with E-state index in [9.17, 15) is 14.4 Å². The summed E-state index contributed by atoms with van der Waals surface area (Å²) in [6.07, 6.45) is 0.333. The van der Waals surface area contributed by atoms with Gasteiger partial charge in [0.1, 0.15) is 6.04 Å². The first-order chi connectivity index (χ1) is 9.52. The molecule has 20 heavy (non-hydrogen) atoms. The highest BCUT2D eigenvalue weighted by atomic mass is 16.5. The maximum absolute atomic E-state index is 11.7. The molecule has 0 radical (unpaired) electrons. The molecule has 0 saturated carbocycles.